The van der Waals surface area contributed by atoms with Crippen LogP contribution in [0.25, 0.3) is 10.2 Å². The van der Waals surface area contributed by atoms with Crippen molar-refractivity contribution >= 4 is 32.6 Å². The summed E-state index contributed by atoms with van der Waals surface area (Å²) in [6, 6.07) is 5.20. The molecule has 0 spiro atoms. The molecular formula is C16H17FN6OS. The van der Waals surface area contributed by atoms with Gasteiger partial charge in [-0.1, -0.05) is 22.6 Å². The molecule has 3 aromatic rings. The third-order valence-electron chi connectivity index (χ3n) is 4.45. The molecule has 9 heteroatoms. The van der Waals surface area contributed by atoms with Crippen LogP contribution in [0.1, 0.15) is 42.2 Å². The van der Waals surface area contributed by atoms with Crippen molar-refractivity contribution in [1.29, 1.82) is 0 Å². The number of nitrogens with zero attached hydrogens (tertiary/aromatic N) is 4. The number of carbonyl (C=O) groups is 1. The number of aromatic nitrogens is 4. The van der Waals surface area contributed by atoms with Gasteiger partial charge < -0.3 is 5.73 Å². The minimum atomic E-state index is -0.407. The van der Waals surface area contributed by atoms with Gasteiger partial charge in [-0.2, -0.15) is 0 Å². The SMILES string of the molecule is NC1CCC(n2cc(C(=O)Nc3nc4c(F)cccc4s3)nn2)CC1. The Morgan fingerprint density at radius 2 is 2.12 bits per heavy atom. The summed E-state index contributed by atoms with van der Waals surface area (Å²) in [7, 11) is 0. The normalized spacial score (nSPS) is 20.7. The Morgan fingerprint density at radius 1 is 1.32 bits per heavy atom. The number of nitrogens with two attached hydrogens (primary N) is 1. The van der Waals surface area contributed by atoms with Crippen molar-refractivity contribution in [2.24, 2.45) is 5.73 Å². The Hall–Kier alpha value is -2.39. The standard InChI is InChI=1S/C16H17FN6OS/c17-11-2-1-3-13-14(11)19-16(25-13)20-15(24)12-8-23(22-21-12)10-6-4-9(18)5-7-10/h1-3,8-10H,4-7,18H2,(H,19,20,24). The predicted octanol–water partition coefficient (Wildman–Crippen LogP) is 2.72. The van der Waals surface area contributed by atoms with Crippen LogP contribution in [0, 0.1) is 5.82 Å². The Labute approximate surface area is 147 Å². The Bertz CT molecular complexity index is 914. The molecule has 1 aliphatic carbocycles. The van der Waals surface area contributed by atoms with Crippen LogP contribution < -0.4 is 11.1 Å². The Morgan fingerprint density at radius 3 is 2.88 bits per heavy atom. The molecule has 2 aromatic heterocycles. The summed E-state index contributed by atoms with van der Waals surface area (Å²) in [6.07, 6.45) is 5.41. The highest BCUT2D eigenvalue weighted by atomic mass is 32.1. The molecule has 3 N–H and O–H groups in total. The summed E-state index contributed by atoms with van der Waals surface area (Å²) >= 11 is 1.22. The van der Waals surface area contributed by atoms with Gasteiger partial charge in [-0.3, -0.25) is 10.1 Å². The van der Waals surface area contributed by atoms with Crippen LogP contribution in [-0.4, -0.2) is 31.9 Å². The van der Waals surface area contributed by atoms with E-state index in [1.54, 1.807) is 23.0 Å². The fourth-order valence-corrected chi connectivity index (χ4v) is 3.93. The highest BCUT2D eigenvalue weighted by Gasteiger charge is 2.22. The molecule has 0 bridgehead atoms. The molecule has 25 heavy (non-hydrogen) atoms. The number of fused-ring (bicyclic) bond motifs is 1. The van der Waals surface area contributed by atoms with Crippen LogP contribution in [-0.2, 0) is 0 Å². The number of nitrogens with one attached hydrogen (secondary N) is 1. The van der Waals surface area contributed by atoms with Crippen LogP contribution in [0.2, 0.25) is 0 Å². The first-order valence-corrected chi connectivity index (χ1v) is 8.95. The molecule has 2 heterocycles. The number of hydrogen-bond donors (Lipinski definition) is 2. The first-order chi connectivity index (χ1) is 12.1. The average Bonchev–Trinajstić information content (AvgIpc) is 3.23. The summed E-state index contributed by atoms with van der Waals surface area (Å²) in [5, 5.41) is 11.0. The van der Waals surface area contributed by atoms with Gasteiger partial charge in [-0.05, 0) is 37.8 Å². The third kappa shape index (κ3) is 3.24. The van der Waals surface area contributed by atoms with E-state index in [-0.39, 0.29) is 23.3 Å². The zero-order chi connectivity index (χ0) is 17.4. The van der Waals surface area contributed by atoms with Crippen LogP contribution in [0.15, 0.2) is 24.4 Å². The van der Waals surface area contributed by atoms with Crippen molar-refractivity contribution in [2.45, 2.75) is 37.8 Å². The van der Waals surface area contributed by atoms with Crippen molar-refractivity contribution in [3.8, 4) is 0 Å². The van der Waals surface area contributed by atoms with E-state index in [0.717, 1.165) is 25.7 Å². The molecule has 1 aromatic carbocycles. The van der Waals surface area contributed by atoms with Crippen molar-refractivity contribution in [2.75, 3.05) is 5.32 Å². The fraction of sp³-hybridized carbons (Fsp3) is 0.375. The molecular weight excluding hydrogens is 343 g/mol. The van der Waals surface area contributed by atoms with Crippen LogP contribution >= 0.6 is 11.3 Å². The summed E-state index contributed by atoms with van der Waals surface area (Å²) in [6.45, 7) is 0. The van der Waals surface area contributed by atoms with Crippen molar-refractivity contribution in [3.63, 3.8) is 0 Å². The molecule has 1 amide bonds. The number of amides is 1. The fourth-order valence-electron chi connectivity index (χ4n) is 3.05. The topological polar surface area (TPSA) is 98.7 Å². The van der Waals surface area contributed by atoms with Crippen molar-refractivity contribution < 1.29 is 9.18 Å². The lowest BCUT2D eigenvalue weighted by Gasteiger charge is -2.25. The van der Waals surface area contributed by atoms with Gasteiger partial charge in [0.05, 0.1) is 16.9 Å². The molecule has 130 valence electrons. The smallest absolute Gasteiger partial charge is 0.279 e. The molecule has 0 atom stereocenters. The summed E-state index contributed by atoms with van der Waals surface area (Å²) < 4.78 is 16.1. The molecule has 0 aliphatic heterocycles. The van der Waals surface area contributed by atoms with E-state index in [9.17, 15) is 9.18 Å². The number of para-hydroxylation sites is 1. The Balaban J connectivity index is 1.48. The monoisotopic (exact) mass is 360 g/mol. The molecule has 0 radical (unpaired) electrons. The maximum atomic E-state index is 13.7. The minimum Gasteiger partial charge on any atom is -0.328 e. The summed E-state index contributed by atoms with van der Waals surface area (Å²) in [5.41, 5.74) is 6.39. The predicted molar refractivity (Wildman–Crippen MR) is 93.0 cm³/mol. The van der Waals surface area contributed by atoms with E-state index < -0.39 is 11.7 Å². The molecule has 0 unspecified atom stereocenters. The average molecular weight is 360 g/mol. The third-order valence-corrected chi connectivity index (χ3v) is 5.38. The van der Waals surface area contributed by atoms with Gasteiger partial charge in [0.1, 0.15) is 11.3 Å². The van der Waals surface area contributed by atoms with Crippen molar-refractivity contribution in [3.05, 3.63) is 35.9 Å². The largest absolute Gasteiger partial charge is 0.328 e. The zero-order valence-corrected chi connectivity index (χ0v) is 14.2. The number of carbonyl (C=O) groups excluding carboxylic acids is 1. The second-order valence-corrected chi connectivity index (χ2v) is 7.24. The lowest BCUT2D eigenvalue weighted by molar-refractivity contribution is 0.102. The van der Waals surface area contributed by atoms with Gasteiger partial charge in [0.2, 0.25) is 0 Å². The van der Waals surface area contributed by atoms with Gasteiger partial charge in [-0.15, -0.1) is 5.10 Å². The molecule has 1 saturated carbocycles. The first-order valence-electron chi connectivity index (χ1n) is 8.14. The van der Waals surface area contributed by atoms with E-state index in [4.69, 9.17) is 5.73 Å². The highest BCUT2D eigenvalue weighted by Crippen LogP contribution is 2.28. The molecule has 7 nitrogen and oxygen atoms in total. The van der Waals surface area contributed by atoms with Crippen molar-refractivity contribution in [1.82, 2.24) is 20.0 Å². The second kappa shape index (κ2) is 6.49. The summed E-state index contributed by atoms with van der Waals surface area (Å²) in [5.74, 6) is -0.811. The van der Waals surface area contributed by atoms with Gasteiger partial charge in [0, 0.05) is 6.04 Å². The van der Waals surface area contributed by atoms with Gasteiger partial charge in [0.25, 0.3) is 5.91 Å². The van der Waals surface area contributed by atoms with E-state index in [1.807, 2.05) is 0 Å². The number of hydrogen-bond acceptors (Lipinski definition) is 6. The maximum absolute atomic E-state index is 13.7. The van der Waals surface area contributed by atoms with E-state index in [2.05, 4.69) is 20.6 Å². The van der Waals surface area contributed by atoms with Gasteiger partial charge in [0.15, 0.2) is 10.8 Å². The number of rotatable bonds is 3. The number of thiazole rings is 1. The summed E-state index contributed by atoms with van der Waals surface area (Å²) in [4.78, 5) is 16.5. The van der Waals surface area contributed by atoms with E-state index in [1.165, 1.54) is 17.4 Å². The van der Waals surface area contributed by atoms with Crippen LogP contribution in [0.3, 0.4) is 0 Å². The van der Waals surface area contributed by atoms with E-state index in [0.29, 0.717) is 9.83 Å². The molecule has 1 fully saturated rings. The highest BCUT2D eigenvalue weighted by molar-refractivity contribution is 7.22. The van der Waals surface area contributed by atoms with Crippen LogP contribution in [0.4, 0.5) is 9.52 Å². The first kappa shape index (κ1) is 16.1. The number of halogens is 1. The molecule has 4 rings (SSSR count). The van der Waals surface area contributed by atoms with Gasteiger partial charge in [-0.25, -0.2) is 14.1 Å². The number of benzene rings is 1. The molecule has 0 saturated heterocycles. The zero-order valence-electron chi connectivity index (χ0n) is 13.4. The Kier molecular flexibility index (Phi) is 4.18. The maximum Gasteiger partial charge on any atom is 0.279 e. The lowest BCUT2D eigenvalue weighted by Crippen LogP contribution is -2.28. The van der Waals surface area contributed by atoms with Crippen LogP contribution in [0.5, 0.6) is 0 Å². The lowest BCUT2D eigenvalue weighted by atomic mass is 9.92. The van der Waals surface area contributed by atoms with Gasteiger partial charge >= 0.3 is 0 Å². The second-order valence-electron chi connectivity index (χ2n) is 6.21. The van der Waals surface area contributed by atoms with E-state index >= 15 is 0 Å². The quantitative estimate of drug-likeness (QED) is 0.748. The molecule has 1 aliphatic rings. The number of anilines is 1. The minimum absolute atomic E-state index is 0.217.